The van der Waals surface area contributed by atoms with Crippen LogP contribution in [-0.4, -0.2) is 35.2 Å². The number of nitrogens with two attached hydrogens (primary N) is 1. The summed E-state index contributed by atoms with van der Waals surface area (Å²) >= 11 is 12.5. The van der Waals surface area contributed by atoms with Crippen LogP contribution in [0.25, 0.3) is 0 Å². The van der Waals surface area contributed by atoms with Crippen molar-refractivity contribution in [1.82, 2.24) is 10.3 Å². The molecule has 0 bridgehead atoms. The van der Waals surface area contributed by atoms with Gasteiger partial charge in [-0.05, 0) is 53.3 Å². The highest BCUT2D eigenvalue weighted by Gasteiger charge is 2.66. The molecule has 5 N–H and O–H groups in total. The maximum absolute atomic E-state index is 15.8. The molecule has 12 heteroatoms. The normalized spacial score (nSPS) is 23.3. The zero-order valence-corrected chi connectivity index (χ0v) is 23.9. The average molecular weight is 600 g/mol. The number of aromatic nitrogens is 1. The molecule has 0 aliphatic carbocycles. The molecule has 1 spiro atoms. The van der Waals surface area contributed by atoms with Gasteiger partial charge in [0.2, 0.25) is 11.8 Å². The molecule has 1 aromatic heterocycles. The Balaban J connectivity index is 1.61. The first kappa shape index (κ1) is 28.8. The number of halogens is 3. The van der Waals surface area contributed by atoms with E-state index in [1.165, 1.54) is 30.5 Å². The number of hydrogen-bond acceptors (Lipinski definition) is 6. The minimum absolute atomic E-state index is 0.100. The number of primary amides is 1. The Morgan fingerprint density at radius 1 is 1.17 bits per heavy atom. The second-order valence-electron chi connectivity index (χ2n) is 11.4. The smallest absolute Gasteiger partial charge is 0.414 e. The summed E-state index contributed by atoms with van der Waals surface area (Å²) < 4.78 is 21.6. The van der Waals surface area contributed by atoms with Crippen LogP contribution in [0.15, 0.2) is 54.7 Å². The van der Waals surface area contributed by atoms with Gasteiger partial charge in [-0.1, -0.05) is 62.2 Å². The summed E-state index contributed by atoms with van der Waals surface area (Å²) in [6.07, 6.45) is -0.378. The highest BCUT2D eigenvalue weighted by Crippen LogP contribution is 2.57. The van der Waals surface area contributed by atoms with Gasteiger partial charge in [0.25, 0.3) is 0 Å². The van der Waals surface area contributed by atoms with Crippen molar-refractivity contribution in [1.29, 1.82) is 0 Å². The fraction of sp³-hybridized carbons (Fsp3) is 0.310. The number of hydrogen-bond donors (Lipinski definition) is 4. The van der Waals surface area contributed by atoms with Crippen LogP contribution >= 0.6 is 23.2 Å². The molecular formula is C29H28Cl2FN5O4. The van der Waals surface area contributed by atoms with Gasteiger partial charge in [0.1, 0.15) is 17.1 Å². The van der Waals surface area contributed by atoms with Gasteiger partial charge in [-0.3, -0.25) is 20.2 Å². The molecule has 5 rings (SSSR count). The molecule has 2 aliphatic heterocycles. The van der Waals surface area contributed by atoms with Crippen LogP contribution in [0.4, 0.5) is 20.7 Å². The highest BCUT2D eigenvalue weighted by molar-refractivity contribution is 6.31. The van der Waals surface area contributed by atoms with Crippen molar-refractivity contribution in [2.45, 2.75) is 50.8 Å². The molecule has 2 aliphatic rings. The molecule has 9 nitrogen and oxygen atoms in total. The lowest BCUT2D eigenvalue weighted by atomic mass is 9.63. The van der Waals surface area contributed by atoms with Gasteiger partial charge < -0.3 is 15.8 Å². The lowest BCUT2D eigenvalue weighted by molar-refractivity contribution is -0.122. The number of anilines is 2. The number of rotatable bonds is 5. The first-order valence-electron chi connectivity index (χ1n) is 12.9. The van der Waals surface area contributed by atoms with Crippen molar-refractivity contribution in [3.05, 3.63) is 87.3 Å². The zero-order valence-electron chi connectivity index (χ0n) is 22.4. The topological polar surface area (TPSA) is 135 Å². The summed E-state index contributed by atoms with van der Waals surface area (Å²) in [6, 6.07) is 11.8. The Morgan fingerprint density at radius 2 is 1.93 bits per heavy atom. The van der Waals surface area contributed by atoms with E-state index in [0.29, 0.717) is 22.7 Å². The van der Waals surface area contributed by atoms with E-state index in [4.69, 9.17) is 33.7 Å². The molecule has 0 unspecified atom stereocenters. The van der Waals surface area contributed by atoms with Crippen LogP contribution in [0.3, 0.4) is 0 Å². The molecule has 4 atom stereocenters. The van der Waals surface area contributed by atoms with Crippen LogP contribution in [0.1, 0.15) is 54.6 Å². The third-order valence-corrected chi connectivity index (χ3v) is 7.93. The third-order valence-electron chi connectivity index (χ3n) is 7.40. The molecule has 3 heterocycles. The zero-order chi connectivity index (χ0) is 29.7. The van der Waals surface area contributed by atoms with E-state index in [9.17, 15) is 14.4 Å². The fourth-order valence-corrected chi connectivity index (χ4v) is 6.19. The molecule has 3 amide bonds. The van der Waals surface area contributed by atoms with Crippen LogP contribution in [0.2, 0.25) is 10.0 Å². The molecule has 2 aromatic carbocycles. The van der Waals surface area contributed by atoms with Crippen LogP contribution < -0.4 is 21.7 Å². The molecule has 3 aromatic rings. The van der Waals surface area contributed by atoms with Gasteiger partial charge in [-0.25, -0.2) is 14.2 Å². The number of fused-ring (bicyclic) bond motifs is 2. The first-order chi connectivity index (χ1) is 19.3. The van der Waals surface area contributed by atoms with Crippen molar-refractivity contribution >= 4 is 52.6 Å². The van der Waals surface area contributed by atoms with E-state index >= 15 is 4.39 Å². The van der Waals surface area contributed by atoms with Crippen molar-refractivity contribution in [3.63, 3.8) is 0 Å². The summed E-state index contributed by atoms with van der Waals surface area (Å²) in [5.74, 6) is -2.68. The number of carbonyl (C=O) groups is 3. The summed E-state index contributed by atoms with van der Waals surface area (Å²) in [6.45, 7) is 6.07. The minimum Gasteiger partial charge on any atom is -0.429 e. The Labute approximate surface area is 245 Å². The van der Waals surface area contributed by atoms with Gasteiger partial charge in [-0.15, -0.1) is 0 Å². The van der Waals surface area contributed by atoms with Gasteiger partial charge in [0, 0.05) is 22.9 Å². The predicted octanol–water partition coefficient (Wildman–Crippen LogP) is 5.58. The Kier molecular flexibility index (Phi) is 7.44. The lowest BCUT2D eigenvalue weighted by Crippen LogP contribution is -2.49. The summed E-state index contributed by atoms with van der Waals surface area (Å²) in [5.41, 5.74) is 4.97. The van der Waals surface area contributed by atoms with Crippen LogP contribution in [0.5, 0.6) is 0 Å². The van der Waals surface area contributed by atoms with E-state index < -0.39 is 41.4 Å². The maximum Gasteiger partial charge on any atom is 0.414 e. The number of pyridine rings is 1. The second-order valence-corrected chi connectivity index (χ2v) is 12.2. The number of nitrogens with zero attached hydrogens (tertiary/aromatic N) is 1. The second kappa shape index (κ2) is 10.6. The molecule has 1 saturated heterocycles. The average Bonchev–Trinajstić information content (AvgIpc) is 3.33. The number of carbonyl (C=O) groups excluding carboxylic acids is 3. The largest absolute Gasteiger partial charge is 0.429 e. The van der Waals surface area contributed by atoms with E-state index in [2.05, 4.69) is 20.9 Å². The monoisotopic (exact) mass is 599 g/mol. The molecule has 0 saturated carbocycles. The molecule has 0 radical (unpaired) electrons. The maximum atomic E-state index is 15.8. The van der Waals surface area contributed by atoms with E-state index in [0.717, 1.165) is 0 Å². The van der Waals surface area contributed by atoms with Gasteiger partial charge in [0.05, 0.1) is 16.5 Å². The van der Waals surface area contributed by atoms with E-state index in [-0.39, 0.29) is 33.3 Å². The standard InChI is InChI=1S/C29H28Cl2FN5O4/c1-28(2,3)12-20-29(17-9-8-15(30)11-19(17)35-26(29)39)22(16-5-4-6-18(31)23(16)32)25(36-20)41-27(40)37-21-10-7-14(13-34-21)24(33)38/h4-11,13,20,22,25,36H,12H2,1-3H3,(H2,33,38)(H,35,39)(H,34,37,40)/t20-,22-,25+,29+/m0/s1. The Bertz CT molecular complexity index is 1550. The minimum atomic E-state index is -1.38. The fourth-order valence-electron chi connectivity index (χ4n) is 5.83. The molecular weight excluding hydrogens is 572 g/mol. The Morgan fingerprint density at radius 3 is 2.59 bits per heavy atom. The summed E-state index contributed by atoms with van der Waals surface area (Å²) in [4.78, 5) is 42.6. The molecule has 214 valence electrons. The van der Waals surface area contributed by atoms with Gasteiger partial charge in [0.15, 0.2) is 6.23 Å². The summed E-state index contributed by atoms with van der Waals surface area (Å²) in [5, 5.41) is 9.06. The van der Waals surface area contributed by atoms with Crippen molar-refractivity contribution in [2.24, 2.45) is 11.1 Å². The molecule has 41 heavy (non-hydrogen) atoms. The predicted molar refractivity (Wildman–Crippen MR) is 154 cm³/mol. The van der Waals surface area contributed by atoms with Crippen molar-refractivity contribution in [3.8, 4) is 0 Å². The van der Waals surface area contributed by atoms with Crippen molar-refractivity contribution in [2.75, 3.05) is 10.6 Å². The van der Waals surface area contributed by atoms with Crippen LogP contribution in [0, 0.1) is 11.2 Å². The SMILES string of the molecule is CC(C)(C)C[C@@H]1N[C@H](OC(=O)Nc2ccc(C(N)=O)cn2)[C@H](c2cccc(Cl)c2F)[C@]12C(=O)Nc1cc(Cl)ccc12. The lowest BCUT2D eigenvalue weighted by Gasteiger charge is -2.37. The number of amides is 3. The van der Waals surface area contributed by atoms with Gasteiger partial charge in [-0.2, -0.15) is 0 Å². The number of benzene rings is 2. The first-order valence-corrected chi connectivity index (χ1v) is 13.6. The Hall–Kier alpha value is -3.73. The number of nitrogens with one attached hydrogen (secondary N) is 3. The number of ether oxygens (including phenoxy) is 1. The molecule has 1 fully saturated rings. The van der Waals surface area contributed by atoms with E-state index in [1.54, 1.807) is 24.3 Å². The van der Waals surface area contributed by atoms with Crippen molar-refractivity contribution < 1.29 is 23.5 Å². The highest BCUT2D eigenvalue weighted by atomic mass is 35.5. The van der Waals surface area contributed by atoms with Crippen LogP contribution in [-0.2, 0) is 14.9 Å². The van der Waals surface area contributed by atoms with E-state index in [1.807, 2.05) is 20.8 Å². The third kappa shape index (κ3) is 5.23. The quantitative estimate of drug-likeness (QED) is 0.302. The summed E-state index contributed by atoms with van der Waals surface area (Å²) in [7, 11) is 0. The van der Waals surface area contributed by atoms with Gasteiger partial charge >= 0.3 is 6.09 Å².